The van der Waals surface area contributed by atoms with Crippen molar-refractivity contribution in [2.24, 2.45) is 0 Å². The molecule has 0 spiro atoms. The maximum absolute atomic E-state index is 12.1. The molecule has 1 aliphatic heterocycles. The van der Waals surface area contributed by atoms with Gasteiger partial charge in [0.2, 0.25) is 0 Å². The molecule has 0 amide bonds. The molecule has 150 valence electrons. The Morgan fingerprint density at radius 1 is 1.30 bits per heavy atom. The third kappa shape index (κ3) is 8.22. The van der Waals surface area contributed by atoms with Gasteiger partial charge in [-0.25, -0.2) is 4.79 Å². The van der Waals surface area contributed by atoms with Crippen molar-refractivity contribution in [3.63, 3.8) is 0 Å². The average Bonchev–Trinajstić information content (AvgIpc) is 3.00. The van der Waals surface area contributed by atoms with Crippen LogP contribution < -0.4 is 0 Å². The molecule has 1 heterocycles. The van der Waals surface area contributed by atoms with Gasteiger partial charge < -0.3 is 23.7 Å². The van der Waals surface area contributed by atoms with Crippen LogP contribution in [-0.2, 0) is 35.1 Å². The molecule has 0 saturated carbocycles. The van der Waals surface area contributed by atoms with Crippen LogP contribution in [0.25, 0.3) is 0 Å². The van der Waals surface area contributed by atoms with Crippen LogP contribution in [-0.4, -0.2) is 44.0 Å². The Morgan fingerprint density at radius 2 is 2.07 bits per heavy atom. The second-order valence-corrected chi connectivity index (χ2v) is 6.75. The topological polar surface area (TPSA) is 63.2 Å². The van der Waals surface area contributed by atoms with E-state index in [1.165, 1.54) is 0 Å². The third-order valence-electron chi connectivity index (χ3n) is 4.00. The van der Waals surface area contributed by atoms with Crippen molar-refractivity contribution in [2.45, 2.75) is 58.2 Å². The smallest absolute Gasteiger partial charge is 0.335 e. The second-order valence-electron chi connectivity index (χ2n) is 6.75. The van der Waals surface area contributed by atoms with Crippen LogP contribution in [0.1, 0.15) is 39.2 Å². The Hall–Kier alpha value is -1.73. The molecule has 6 nitrogen and oxygen atoms in total. The number of esters is 1. The number of carbonyl (C=O) groups is 1. The third-order valence-corrected chi connectivity index (χ3v) is 4.00. The van der Waals surface area contributed by atoms with E-state index < -0.39 is 11.9 Å². The highest BCUT2D eigenvalue weighted by atomic mass is 16.7. The fraction of sp³-hybridized carbons (Fsp3) is 0.571. The summed E-state index contributed by atoms with van der Waals surface area (Å²) in [7, 11) is 0. The van der Waals surface area contributed by atoms with Crippen molar-refractivity contribution >= 4 is 5.97 Å². The molecule has 1 aliphatic rings. The molecule has 1 aromatic carbocycles. The molecular weight excluding hydrogens is 348 g/mol. The van der Waals surface area contributed by atoms with Crippen molar-refractivity contribution < 1.29 is 28.5 Å². The molecule has 6 heteroatoms. The summed E-state index contributed by atoms with van der Waals surface area (Å²) in [5.74, 6) is -0.905. The summed E-state index contributed by atoms with van der Waals surface area (Å²) in [5, 5.41) is 0. The highest BCUT2D eigenvalue weighted by Gasteiger charge is 2.31. The van der Waals surface area contributed by atoms with Crippen LogP contribution in [0.3, 0.4) is 0 Å². The zero-order valence-corrected chi connectivity index (χ0v) is 16.4. The normalized spacial score (nSPS) is 20.0. The van der Waals surface area contributed by atoms with Gasteiger partial charge in [-0.15, -0.1) is 0 Å². The summed E-state index contributed by atoms with van der Waals surface area (Å²) in [6, 6.07) is 9.80. The van der Waals surface area contributed by atoms with E-state index in [1.807, 2.05) is 56.3 Å². The van der Waals surface area contributed by atoms with Crippen molar-refractivity contribution in [1.29, 1.82) is 0 Å². The number of hydrogen-bond acceptors (Lipinski definition) is 6. The molecule has 2 rings (SSSR count). The molecule has 0 unspecified atom stereocenters. The Balaban J connectivity index is 1.72. The standard InChI is InChI=1S/C21H30O6/c1-4-24-20(22)19(25-16-23-14-17-10-6-5-7-11-17)13-9-8-12-18-15-26-21(2,3)27-18/h5-11,18-19H,4,12-16H2,1-3H3/b9-8-/t18-,19-/m1/s1. The summed E-state index contributed by atoms with van der Waals surface area (Å²) in [6.45, 7) is 6.92. The summed E-state index contributed by atoms with van der Waals surface area (Å²) in [4.78, 5) is 12.1. The van der Waals surface area contributed by atoms with Crippen LogP contribution in [0.5, 0.6) is 0 Å². The Labute approximate surface area is 161 Å². The van der Waals surface area contributed by atoms with E-state index >= 15 is 0 Å². The van der Waals surface area contributed by atoms with Gasteiger partial charge in [-0.1, -0.05) is 42.5 Å². The lowest BCUT2D eigenvalue weighted by Crippen LogP contribution is -2.27. The maximum Gasteiger partial charge on any atom is 0.335 e. The molecule has 0 N–H and O–H groups in total. The first-order chi connectivity index (χ1) is 13.0. The Morgan fingerprint density at radius 3 is 2.74 bits per heavy atom. The van der Waals surface area contributed by atoms with E-state index in [1.54, 1.807) is 6.92 Å². The van der Waals surface area contributed by atoms with Gasteiger partial charge >= 0.3 is 5.97 Å². The van der Waals surface area contributed by atoms with E-state index in [0.29, 0.717) is 26.2 Å². The van der Waals surface area contributed by atoms with E-state index in [0.717, 1.165) is 12.0 Å². The van der Waals surface area contributed by atoms with E-state index in [4.69, 9.17) is 23.7 Å². The zero-order chi connectivity index (χ0) is 19.5. The largest absolute Gasteiger partial charge is 0.464 e. The van der Waals surface area contributed by atoms with Crippen LogP contribution in [0, 0.1) is 0 Å². The van der Waals surface area contributed by atoms with E-state index in [-0.39, 0.29) is 18.9 Å². The molecule has 0 bridgehead atoms. The van der Waals surface area contributed by atoms with Gasteiger partial charge in [0.05, 0.1) is 25.9 Å². The number of carbonyl (C=O) groups excluding carboxylic acids is 1. The average molecular weight is 378 g/mol. The predicted octanol–water partition coefficient (Wildman–Crippen LogP) is 3.60. The molecular formula is C21H30O6. The quantitative estimate of drug-likeness (QED) is 0.254. The fourth-order valence-corrected chi connectivity index (χ4v) is 2.68. The van der Waals surface area contributed by atoms with Crippen LogP contribution in [0.15, 0.2) is 42.5 Å². The summed E-state index contributed by atoms with van der Waals surface area (Å²) in [5.41, 5.74) is 1.05. The van der Waals surface area contributed by atoms with Crippen molar-refractivity contribution in [1.82, 2.24) is 0 Å². The molecule has 2 atom stereocenters. The minimum atomic E-state index is -0.686. The maximum atomic E-state index is 12.1. The van der Waals surface area contributed by atoms with Gasteiger partial charge in [-0.3, -0.25) is 0 Å². The van der Waals surface area contributed by atoms with Gasteiger partial charge in [0.25, 0.3) is 0 Å². The van der Waals surface area contributed by atoms with E-state index in [9.17, 15) is 4.79 Å². The molecule has 1 saturated heterocycles. The first-order valence-corrected chi connectivity index (χ1v) is 9.37. The van der Waals surface area contributed by atoms with Crippen molar-refractivity contribution in [2.75, 3.05) is 20.0 Å². The molecule has 0 aliphatic carbocycles. The zero-order valence-electron chi connectivity index (χ0n) is 16.4. The molecule has 0 radical (unpaired) electrons. The van der Waals surface area contributed by atoms with Gasteiger partial charge in [-0.2, -0.15) is 0 Å². The lowest BCUT2D eigenvalue weighted by molar-refractivity contribution is -0.167. The fourth-order valence-electron chi connectivity index (χ4n) is 2.68. The van der Waals surface area contributed by atoms with Crippen LogP contribution in [0.4, 0.5) is 0 Å². The number of hydrogen-bond donors (Lipinski definition) is 0. The Kier molecular flexibility index (Phi) is 8.94. The number of benzene rings is 1. The SMILES string of the molecule is CCOC(=O)[C@@H](C/C=C\C[C@@H]1COC(C)(C)O1)OCOCc1ccccc1. The predicted molar refractivity (Wildman–Crippen MR) is 101 cm³/mol. The minimum absolute atomic E-state index is 0.0278. The molecule has 1 aromatic rings. The number of rotatable bonds is 11. The highest BCUT2D eigenvalue weighted by Crippen LogP contribution is 2.24. The Bertz CT molecular complexity index is 584. The van der Waals surface area contributed by atoms with Gasteiger partial charge in [0, 0.05) is 6.42 Å². The highest BCUT2D eigenvalue weighted by molar-refractivity contribution is 5.74. The first-order valence-electron chi connectivity index (χ1n) is 9.37. The van der Waals surface area contributed by atoms with Gasteiger partial charge in [0.15, 0.2) is 11.9 Å². The van der Waals surface area contributed by atoms with Gasteiger partial charge in [-0.05, 0) is 32.8 Å². The summed E-state index contributed by atoms with van der Waals surface area (Å²) >= 11 is 0. The molecule has 0 aromatic heterocycles. The monoisotopic (exact) mass is 378 g/mol. The lowest BCUT2D eigenvalue weighted by atomic mass is 10.2. The minimum Gasteiger partial charge on any atom is -0.464 e. The van der Waals surface area contributed by atoms with E-state index in [2.05, 4.69) is 0 Å². The number of ether oxygens (including phenoxy) is 5. The van der Waals surface area contributed by atoms with Crippen molar-refractivity contribution in [3.05, 3.63) is 48.0 Å². The van der Waals surface area contributed by atoms with Crippen LogP contribution >= 0.6 is 0 Å². The lowest BCUT2D eigenvalue weighted by Gasteiger charge is -2.16. The molecule has 1 fully saturated rings. The first kappa shape index (κ1) is 21.6. The summed E-state index contributed by atoms with van der Waals surface area (Å²) < 4.78 is 27.4. The molecule has 27 heavy (non-hydrogen) atoms. The van der Waals surface area contributed by atoms with Crippen molar-refractivity contribution in [3.8, 4) is 0 Å². The second kappa shape index (κ2) is 11.2. The summed E-state index contributed by atoms with van der Waals surface area (Å²) in [6.07, 6.45) is 4.39. The van der Waals surface area contributed by atoms with Gasteiger partial charge in [0.1, 0.15) is 6.79 Å². The van der Waals surface area contributed by atoms with Crippen LogP contribution in [0.2, 0.25) is 0 Å².